The molecule has 3 rings (SSSR count). The van der Waals surface area contributed by atoms with Crippen molar-refractivity contribution in [3.63, 3.8) is 0 Å². The maximum Gasteiger partial charge on any atom is 0.254 e. The molecular weight excluding hydrogens is 414 g/mol. The standard InChI is InChI=1S/C19H16BrN3O4/c20-14-8-6-12(7-9-14)15-16(23(26)27)19(25,13-4-2-1-3-5-13)10-18(15,11-21)17(22)24/h1-9,15-16,25H,10H2,(H2,22,24)/t15-,16-,18-,19-/m1/s1. The molecule has 0 heterocycles. The van der Waals surface area contributed by atoms with Crippen LogP contribution in [0, 0.1) is 26.9 Å². The molecule has 7 nitrogen and oxygen atoms in total. The summed E-state index contributed by atoms with van der Waals surface area (Å²) in [4.78, 5) is 23.8. The zero-order chi connectivity index (χ0) is 19.8. The summed E-state index contributed by atoms with van der Waals surface area (Å²) in [6.45, 7) is 0. The number of nitriles is 1. The first-order chi connectivity index (χ1) is 12.8. The van der Waals surface area contributed by atoms with Crippen LogP contribution in [0.25, 0.3) is 0 Å². The molecule has 0 unspecified atom stereocenters. The summed E-state index contributed by atoms with van der Waals surface area (Å²) in [6.07, 6.45) is -0.456. The van der Waals surface area contributed by atoms with Crippen LogP contribution in [0.1, 0.15) is 23.5 Å². The van der Waals surface area contributed by atoms with Gasteiger partial charge >= 0.3 is 0 Å². The number of primary amides is 1. The van der Waals surface area contributed by atoms with Crippen LogP contribution in [0.2, 0.25) is 0 Å². The highest BCUT2D eigenvalue weighted by Gasteiger charge is 2.70. The normalized spacial score (nSPS) is 29.8. The molecule has 3 N–H and O–H groups in total. The van der Waals surface area contributed by atoms with E-state index in [2.05, 4.69) is 15.9 Å². The smallest absolute Gasteiger partial charge is 0.254 e. The van der Waals surface area contributed by atoms with E-state index < -0.39 is 40.2 Å². The molecular formula is C19H16BrN3O4. The van der Waals surface area contributed by atoms with Gasteiger partial charge in [0.1, 0.15) is 0 Å². The fourth-order valence-electron chi connectivity index (χ4n) is 4.02. The second-order valence-electron chi connectivity index (χ2n) is 6.67. The number of hydrogen-bond acceptors (Lipinski definition) is 5. The Morgan fingerprint density at radius 3 is 2.33 bits per heavy atom. The second kappa shape index (κ2) is 6.76. The number of halogens is 1. The highest BCUT2D eigenvalue weighted by atomic mass is 79.9. The molecule has 1 amide bonds. The number of carbonyl (C=O) groups excluding carboxylic acids is 1. The summed E-state index contributed by atoms with van der Waals surface area (Å²) in [5.41, 5.74) is 2.28. The molecule has 1 aliphatic rings. The topological polar surface area (TPSA) is 130 Å². The lowest BCUT2D eigenvalue weighted by Gasteiger charge is -2.27. The molecule has 2 aromatic carbocycles. The number of aliphatic hydroxyl groups is 1. The maximum atomic E-state index is 12.3. The van der Waals surface area contributed by atoms with E-state index in [1.54, 1.807) is 54.6 Å². The van der Waals surface area contributed by atoms with Crippen molar-refractivity contribution in [2.45, 2.75) is 24.0 Å². The average molecular weight is 430 g/mol. The van der Waals surface area contributed by atoms with E-state index in [0.717, 1.165) is 4.47 Å². The zero-order valence-electron chi connectivity index (χ0n) is 14.1. The van der Waals surface area contributed by atoms with E-state index in [1.165, 1.54) is 0 Å². The summed E-state index contributed by atoms with van der Waals surface area (Å²) in [5, 5.41) is 33.3. The third-order valence-electron chi connectivity index (χ3n) is 5.25. The monoisotopic (exact) mass is 429 g/mol. The summed E-state index contributed by atoms with van der Waals surface area (Å²) >= 11 is 3.29. The molecule has 1 aliphatic carbocycles. The Morgan fingerprint density at radius 1 is 1.26 bits per heavy atom. The van der Waals surface area contributed by atoms with Crippen molar-refractivity contribution >= 4 is 21.8 Å². The lowest BCUT2D eigenvalue weighted by atomic mass is 9.74. The summed E-state index contributed by atoms with van der Waals surface area (Å²) in [5.74, 6) is -2.19. The molecule has 1 saturated carbocycles. The predicted octanol–water partition coefficient (Wildman–Crippen LogP) is 2.46. The van der Waals surface area contributed by atoms with Gasteiger partial charge in [-0.3, -0.25) is 14.9 Å². The average Bonchev–Trinajstić information content (AvgIpc) is 2.94. The van der Waals surface area contributed by atoms with Crippen LogP contribution in [-0.2, 0) is 10.4 Å². The Hall–Kier alpha value is -2.76. The molecule has 2 aromatic rings. The Labute approximate surface area is 163 Å². The molecule has 0 bridgehead atoms. The Morgan fingerprint density at radius 2 is 1.85 bits per heavy atom. The summed E-state index contributed by atoms with van der Waals surface area (Å²) < 4.78 is 0.738. The van der Waals surface area contributed by atoms with Crippen molar-refractivity contribution in [2.24, 2.45) is 11.1 Å². The fourth-order valence-corrected chi connectivity index (χ4v) is 4.29. The van der Waals surface area contributed by atoms with Crippen LogP contribution in [0.5, 0.6) is 0 Å². The first kappa shape index (κ1) is 19.0. The molecule has 138 valence electrons. The first-order valence-electron chi connectivity index (χ1n) is 8.14. The molecule has 0 aromatic heterocycles. The van der Waals surface area contributed by atoms with Gasteiger partial charge in [0, 0.05) is 15.8 Å². The quantitative estimate of drug-likeness (QED) is 0.569. The van der Waals surface area contributed by atoms with E-state index in [9.17, 15) is 25.3 Å². The van der Waals surface area contributed by atoms with E-state index in [4.69, 9.17) is 5.73 Å². The van der Waals surface area contributed by atoms with Crippen molar-refractivity contribution < 1.29 is 14.8 Å². The van der Waals surface area contributed by atoms with Gasteiger partial charge < -0.3 is 10.8 Å². The van der Waals surface area contributed by atoms with Gasteiger partial charge in [0.05, 0.1) is 12.0 Å². The van der Waals surface area contributed by atoms with Gasteiger partial charge in [-0.2, -0.15) is 5.26 Å². The number of benzene rings is 2. The molecule has 0 aliphatic heterocycles. The largest absolute Gasteiger partial charge is 0.378 e. The number of hydrogen-bond donors (Lipinski definition) is 2. The van der Waals surface area contributed by atoms with Gasteiger partial charge in [-0.25, -0.2) is 0 Å². The molecule has 0 spiro atoms. The fraction of sp³-hybridized carbons (Fsp3) is 0.263. The number of amides is 1. The lowest BCUT2D eigenvalue weighted by molar-refractivity contribution is -0.547. The van der Waals surface area contributed by atoms with E-state index in [1.807, 2.05) is 6.07 Å². The van der Waals surface area contributed by atoms with Crippen molar-refractivity contribution in [1.82, 2.24) is 0 Å². The molecule has 27 heavy (non-hydrogen) atoms. The van der Waals surface area contributed by atoms with Gasteiger partial charge in [-0.15, -0.1) is 0 Å². The van der Waals surface area contributed by atoms with Crippen molar-refractivity contribution in [3.05, 3.63) is 80.3 Å². The third-order valence-corrected chi connectivity index (χ3v) is 5.78. The Kier molecular flexibility index (Phi) is 4.76. The highest BCUT2D eigenvalue weighted by Crippen LogP contribution is 2.58. The van der Waals surface area contributed by atoms with Crippen LogP contribution in [0.4, 0.5) is 0 Å². The third kappa shape index (κ3) is 2.89. The number of nitrogens with zero attached hydrogens (tertiary/aromatic N) is 2. The first-order valence-corrected chi connectivity index (χ1v) is 8.93. The van der Waals surface area contributed by atoms with Crippen molar-refractivity contribution in [1.29, 1.82) is 5.26 Å². The van der Waals surface area contributed by atoms with Gasteiger partial charge in [-0.05, 0) is 23.3 Å². The van der Waals surface area contributed by atoms with Gasteiger partial charge in [-0.1, -0.05) is 58.4 Å². The Balaban J connectivity index is 2.29. The SMILES string of the molecule is N#C[C@]1(C(N)=O)C[C@@](O)(c2ccccc2)[C@H]([N+](=O)[O-])[C@H]1c1ccc(Br)cc1. The second-order valence-corrected chi connectivity index (χ2v) is 7.59. The highest BCUT2D eigenvalue weighted by molar-refractivity contribution is 9.10. The lowest BCUT2D eigenvalue weighted by Crippen LogP contribution is -2.43. The number of nitro groups is 1. The molecule has 1 fully saturated rings. The molecule has 0 saturated heterocycles. The van der Waals surface area contributed by atoms with Crippen molar-refractivity contribution in [2.75, 3.05) is 0 Å². The van der Waals surface area contributed by atoms with E-state index in [0.29, 0.717) is 5.56 Å². The van der Waals surface area contributed by atoms with Gasteiger partial charge in [0.25, 0.3) is 6.04 Å². The Bertz CT molecular complexity index is 928. The van der Waals surface area contributed by atoms with Gasteiger partial charge in [0.15, 0.2) is 11.0 Å². The minimum atomic E-state index is -2.02. The van der Waals surface area contributed by atoms with Crippen LogP contribution >= 0.6 is 15.9 Å². The minimum Gasteiger partial charge on any atom is -0.378 e. The molecule has 0 radical (unpaired) electrons. The molecule has 4 atom stereocenters. The van der Waals surface area contributed by atoms with Crippen molar-refractivity contribution in [3.8, 4) is 6.07 Å². The zero-order valence-corrected chi connectivity index (χ0v) is 15.7. The van der Waals surface area contributed by atoms with E-state index >= 15 is 0 Å². The minimum absolute atomic E-state index is 0.271. The van der Waals surface area contributed by atoms with Gasteiger partial charge in [0.2, 0.25) is 5.91 Å². The molecule has 8 heteroatoms. The number of nitrogens with two attached hydrogens (primary N) is 1. The van der Waals surface area contributed by atoms with E-state index in [-0.39, 0.29) is 5.56 Å². The summed E-state index contributed by atoms with van der Waals surface area (Å²) in [6, 6.07) is 14.9. The predicted molar refractivity (Wildman–Crippen MR) is 99.9 cm³/mol. The van der Waals surface area contributed by atoms with Crippen LogP contribution in [0.15, 0.2) is 59.1 Å². The summed E-state index contributed by atoms with van der Waals surface area (Å²) in [7, 11) is 0. The number of rotatable bonds is 4. The number of carbonyl (C=O) groups is 1. The maximum absolute atomic E-state index is 12.3. The van der Waals surface area contributed by atoms with Crippen LogP contribution < -0.4 is 5.73 Å². The van der Waals surface area contributed by atoms with Crippen LogP contribution in [-0.4, -0.2) is 22.0 Å². The van der Waals surface area contributed by atoms with Crippen LogP contribution in [0.3, 0.4) is 0 Å².